The highest BCUT2D eigenvalue weighted by molar-refractivity contribution is 5.79. The number of morpholine rings is 1. The second-order valence-electron chi connectivity index (χ2n) is 7.66. The second-order valence-corrected chi connectivity index (χ2v) is 7.66. The SMILES string of the molecule is CN=C(NCc1ccc(N2CCOCC2)cc1)NCC(OC)C(C)(C)C. The van der Waals surface area contributed by atoms with E-state index >= 15 is 0 Å². The van der Waals surface area contributed by atoms with Crippen LogP contribution in [0.4, 0.5) is 5.69 Å². The summed E-state index contributed by atoms with van der Waals surface area (Å²) < 4.78 is 11.0. The minimum atomic E-state index is 0.0793. The number of hydrogen-bond donors (Lipinski definition) is 2. The van der Waals surface area contributed by atoms with Crippen LogP contribution in [0.2, 0.25) is 0 Å². The number of nitrogens with zero attached hydrogens (tertiary/aromatic N) is 2. The molecule has 0 spiro atoms. The van der Waals surface area contributed by atoms with Gasteiger partial charge in [-0.25, -0.2) is 0 Å². The molecular weight excluding hydrogens is 328 g/mol. The normalized spacial score (nSPS) is 17.1. The lowest BCUT2D eigenvalue weighted by molar-refractivity contribution is 0.0205. The molecule has 2 N–H and O–H groups in total. The Morgan fingerprint density at radius 2 is 1.85 bits per heavy atom. The predicted molar refractivity (Wildman–Crippen MR) is 108 cm³/mol. The third-order valence-corrected chi connectivity index (χ3v) is 4.70. The minimum Gasteiger partial charge on any atom is -0.379 e. The van der Waals surface area contributed by atoms with Crippen molar-refractivity contribution in [1.82, 2.24) is 10.6 Å². The molecule has 1 atom stereocenters. The molecule has 26 heavy (non-hydrogen) atoms. The van der Waals surface area contributed by atoms with Crippen LogP contribution in [-0.2, 0) is 16.0 Å². The molecule has 0 saturated carbocycles. The average molecular weight is 363 g/mol. The summed E-state index contributed by atoms with van der Waals surface area (Å²) in [5.74, 6) is 0.786. The van der Waals surface area contributed by atoms with Crippen molar-refractivity contribution in [2.45, 2.75) is 33.4 Å². The van der Waals surface area contributed by atoms with Gasteiger partial charge in [-0.2, -0.15) is 0 Å². The van der Waals surface area contributed by atoms with Gasteiger partial charge in [0, 0.05) is 46.0 Å². The van der Waals surface area contributed by atoms with Crippen LogP contribution in [0, 0.1) is 5.41 Å². The van der Waals surface area contributed by atoms with Crippen LogP contribution in [0.3, 0.4) is 0 Å². The van der Waals surface area contributed by atoms with E-state index in [1.165, 1.54) is 11.3 Å². The molecule has 0 aromatic heterocycles. The third kappa shape index (κ3) is 6.18. The van der Waals surface area contributed by atoms with E-state index in [0.29, 0.717) is 0 Å². The van der Waals surface area contributed by atoms with Gasteiger partial charge in [0.2, 0.25) is 0 Å². The summed E-state index contributed by atoms with van der Waals surface area (Å²) >= 11 is 0. The standard InChI is InChI=1S/C20H34N4O2/c1-20(2,3)18(25-5)15-23-19(21-4)22-14-16-6-8-17(9-7-16)24-10-12-26-13-11-24/h6-9,18H,10-15H2,1-5H3,(H2,21,22,23). The van der Waals surface area contributed by atoms with E-state index in [1.807, 2.05) is 0 Å². The number of benzene rings is 1. The van der Waals surface area contributed by atoms with Gasteiger partial charge in [-0.1, -0.05) is 32.9 Å². The monoisotopic (exact) mass is 362 g/mol. The minimum absolute atomic E-state index is 0.0793. The van der Waals surface area contributed by atoms with Crippen molar-refractivity contribution in [3.63, 3.8) is 0 Å². The first-order valence-corrected chi connectivity index (χ1v) is 9.33. The van der Waals surface area contributed by atoms with Gasteiger partial charge in [0.05, 0.1) is 19.3 Å². The summed E-state index contributed by atoms with van der Waals surface area (Å²) in [5, 5.41) is 6.72. The lowest BCUT2D eigenvalue weighted by Crippen LogP contribution is -2.45. The van der Waals surface area contributed by atoms with Gasteiger partial charge in [-0.05, 0) is 23.1 Å². The van der Waals surface area contributed by atoms with Crippen LogP contribution in [0.1, 0.15) is 26.3 Å². The van der Waals surface area contributed by atoms with Gasteiger partial charge in [0.25, 0.3) is 0 Å². The molecule has 146 valence electrons. The largest absolute Gasteiger partial charge is 0.379 e. The molecular formula is C20H34N4O2. The topological polar surface area (TPSA) is 58.1 Å². The first kappa shape index (κ1) is 20.5. The van der Waals surface area contributed by atoms with Crippen LogP contribution in [0.25, 0.3) is 0 Å². The van der Waals surface area contributed by atoms with Crippen molar-refractivity contribution >= 4 is 11.6 Å². The van der Waals surface area contributed by atoms with Crippen molar-refractivity contribution < 1.29 is 9.47 Å². The van der Waals surface area contributed by atoms with Crippen molar-refractivity contribution in [2.24, 2.45) is 10.4 Å². The molecule has 6 heteroatoms. The van der Waals surface area contributed by atoms with E-state index in [9.17, 15) is 0 Å². The Morgan fingerprint density at radius 1 is 1.19 bits per heavy atom. The summed E-state index contributed by atoms with van der Waals surface area (Å²) in [4.78, 5) is 6.66. The molecule has 1 heterocycles. The molecule has 0 aliphatic carbocycles. The second kappa shape index (κ2) is 9.78. The molecule has 1 aromatic carbocycles. The fraction of sp³-hybridized carbons (Fsp3) is 0.650. The number of ether oxygens (including phenoxy) is 2. The quantitative estimate of drug-likeness (QED) is 0.600. The molecule has 0 radical (unpaired) electrons. The Morgan fingerprint density at radius 3 is 2.38 bits per heavy atom. The highest BCUT2D eigenvalue weighted by Crippen LogP contribution is 2.21. The molecule has 0 amide bonds. The molecule has 6 nitrogen and oxygen atoms in total. The number of hydrogen-bond acceptors (Lipinski definition) is 4. The van der Waals surface area contributed by atoms with E-state index in [2.05, 4.69) is 65.6 Å². The zero-order chi connectivity index (χ0) is 19.0. The lowest BCUT2D eigenvalue weighted by atomic mass is 9.89. The van der Waals surface area contributed by atoms with Crippen LogP contribution >= 0.6 is 0 Å². The smallest absolute Gasteiger partial charge is 0.191 e. The summed E-state index contributed by atoms with van der Waals surface area (Å²) in [6.07, 6.45) is 0.119. The summed E-state index contributed by atoms with van der Waals surface area (Å²) in [6.45, 7) is 11.5. The number of methoxy groups -OCH3 is 1. The maximum Gasteiger partial charge on any atom is 0.191 e. The highest BCUT2D eigenvalue weighted by atomic mass is 16.5. The maximum atomic E-state index is 5.58. The van der Waals surface area contributed by atoms with Gasteiger partial charge in [-0.15, -0.1) is 0 Å². The third-order valence-electron chi connectivity index (χ3n) is 4.70. The molecule has 1 aliphatic heterocycles. The predicted octanol–water partition coefficient (Wildman–Crippen LogP) is 2.25. The molecule has 1 unspecified atom stereocenters. The number of guanidine groups is 1. The van der Waals surface area contributed by atoms with E-state index in [0.717, 1.165) is 45.4 Å². The van der Waals surface area contributed by atoms with Gasteiger partial charge in [0.1, 0.15) is 0 Å². The zero-order valence-electron chi connectivity index (χ0n) is 16.8. The van der Waals surface area contributed by atoms with E-state index < -0.39 is 0 Å². The Balaban J connectivity index is 1.82. The lowest BCUT2D eigenvalue weighted by Gasteiger charge is -2.30. The Bertz CT molecular complexity index is 560. The van der Waals surface area contributed by atoms with E-state index in [1.54, 1.807) is 14.2 Å². The van der Waals surface area contributed by atoms with Crippen LogP contribution in [0.5, 0.6) is 0 Å². The molecule has 2 rings (SSSR count). The van der Waals surface area contributed by atoms with Crippen LogP contribution in [0.15, 0.2) is 29.3 Å². The number of nitrogens with one attached hydrogen (secondary N) is 2. The van der Waals surface area contributed by atoms with E-state index in [4.69, 9.17) is 9.47 Å². The van der Waals surface area contributed by atoms with Crippen LogP contribution in [-0.4, -0.2) is 59.1 Å². The molecule has 1 aromatic rings. The Kier molecular flexibility index (Phi) is 7.72. The summed E-state index contributed by atoms with van der Waals surface area (Å²) in [5.41, 5.74) is 2.56. The van der Waals surface area contributed by atoms with Crippen molar-refractivity contribution in [1.29, 1.82) is 0 Å². The van der Waals surface area contributed by atoms with E-state index in [-0.39, 0.29) is 11.5 Å². The summed E-state index contributed by atoms with van der Waals surface area (Å²) in [6, 6.07) is 8.69. The van der Waals surface area contributed by atoms with Crippen LogP contribution < -0.4 is 15.5 Å². The Hall–Kier alpha value is -1.79. The van der Waals surface area contributed by atoms with Gasteiger partial charge >= 0.3 is 0 Å². The van der Waals surface area contributed by atoms with Crippen molar-refractivity contribution in [3.8, 4) is 0 Å². The fourth-order valence-corrected chi connectivity index (χ4v) is 2.99. The maximum absolute atomic E-state index is 5.58. The van der Waals surface area contributed by atoms with Crippen molar-refractivity contribution in [3.05, 3.63) is 29.8 Å². The number of rotatable bonds is 6. The molecule has 1 fully saturated rings. The molecule has 1 saturated heterocycles. The average Bonchev–Trinajstić information content (AvgIpc) is 2.65. The van der Waals surface area contributed by atoms with Gasteiger partial charge in [-0.3, -0.25) is 4.99 Å². The fourth-order valence-electron chi connectivity index (χ4n) is 2.99. The molecule has 0 bridgehead atoms. The van der Waals surface area contributed by atoms with Crippen molar-refractivity contribution in [2.75, 3.05) is 51.9 Å². The van der Waals surface area contributed by atoms with Gasteiger partial charge < -0.3 is 25.0 Å². The number of anilines is 1. The van der Waals surface area contributed by atoms with Gasteiger partial charge in [0.15, 0.2) is 5.96 Å². The zero-order valence-corrected chi connectivity index (χ0v) is 16.8. The first-order chi connectivity index (χ1) is 12.4. The molecule has 1 aliphatic rings. The highest BCUT2D eigenvalue weighted by Gasteiger charge is 2.24. The summed E-state index contributed by atoms with van der Waals surface area (Å²) in [7, 11) is 3.54. The first-order valence-electron chi connectivity index (χ1n) is 9.33. The Labute approximate surface area is 158 Å². The number of aliphatic imine (C=N–C) groups is 1.